The molecule has 2 amide bonds. The molecule has 14 heavy (non-hydrogen) atoms. The van der Waals surface area contributed by atoms with Gasteiger partial charge in [0.05, 0.1) is 0 Å². The summed E-state index contributed by atoms with van der Waals surface area (Å²) in [4.78, 5) is 13.1. The van der Waals surface area contributed by atoms with Gasteiger partial charge in [-0.25, -0.2) is 4.79 Å². The Morgan fingerprint density at radius 2 is 2.14 bits per heavy atom. The van der Waals surface area contributed by atoms with E-state index in [1.807, 2.05) is 4.90 Å². The number of urea groups is 1. The molecule has 1 heterocycles. The average molecular weight is 198 g/mol. The Bertz CT molecular complexity index is 180. The highest BCUT2D eigenvalue weighted by molar-refractivity contribution is 5.76. The molecule has 0 saturated carbocycles. The average Bonchev–Trinajstić information content (AvgIpc) is 2.51. The minimum Gasteiger partial charge on any atom is -0.336 e. The van der Waals surface area contributed by atoms with Crippen molar-refractivity contribution >= 4 is 6.03 Å². The van der Waals surface area contributed by atoms with Gasteiger partial charge in [-0.15, -0.1) is 0 Å². The van der Waals surface area contributed by atoms with Crippen LogP contribution in [0.15, 0.2) is 0 Å². The first-order chi connectivity index (χ1) is 6.70. The van der Waals surface area contributed by atoms with Gasteiger partial charge < -0.3 is 10.2 Å². The van der Waals surface area contributed by atoms with E-state index in [4.69, 9.17) is 0 Å². The maximum Gasteiger partial charge on any atom is 0.317 e. The van der Waals surface area contributed by atoms with Crippen molar-refractivity contribution in [1.82, 2.24) is 10.2 Å². The molecule has 3 nitrogen and oxygen atoms in total. The number of nitrogens with zero attached hydrogens (tertiary/aromatic N) is 1. The standard InChI is InChI=1S/C11H22N2O/c1-10(2)6-4-3-5-8-13-9-7-12-11(13)14/h10H,3-9H2,1-2H3,(H,12,14). The summed E-state index contributed by atoms with van der Waals surface area (Å²) in [6, 6.07) is 0.119. The summed E-state index contributed by atoms with van der Waals surface area (Å²) in [5, 5.41) is 2.82. The molecule has 1 fully saturated rings. The molecule has 0 unspecified atom stereocenters. The topological polar surface area (TPSA) is 32.3 Å². The van der Waals surface area contributed by atoms with Gasteiger partial charge in [0.2, 0.25) is 0 Å². The molecule has 1 rings (SSSR count). The van der Waals surface area contributed by atoms with E-state index in [2.05, 4.69) is 19.2 Å². The van der Waals surface area contributed by atoms with Crippen LogP contribution in [0.2, 0.25) is 0 Å². The van der Waals surface area contributed by atoms with Crippen LogP contribution in [0, 0.1) is 5.92 Å². The molecular formula is C11H22N2O. The molecule has 1 aliphatic heterocycles. The predicted octanol–water partition coefficient (Wildman–Crippen LogP) is 2.23. The largest absolute Gasteiger partial charge is 0.336 e. The van der Waals surface area contributed by atoms with Gasteiger partial charge in [0.1, 0.15) is 0 Å². The number of hydrogen-bond donors (Lipinski definition) is 1. The lowest BCUT2D eigenvalue weighted by Crippen LogP contribution is -2.28. The Hall–Kier alpha value is -0.730. The fraction of sp³-hybridized carbons (Fsp3) is 0.909. The molecule has 0 radical (unpaired) electrons. The number of carbonyl (C=O) groups excluding carboxylic acids is 1. The van der Waals surface area contributed by atoms with Crippen molar-refractivity contribution in [1.29, 1.82) is 0 Å². The third-order valence-electron chi connectivity index (χ3n) is 2.65. The molecule has 82 valence electrons. The maximum atomic E-state index is 11.2. The van der Waals surface area contributed by atoms with Crippen LogP contribution >= 0.6 is 0 Å². The first kappa shape index (κ1) is 11.3. The molecule has 1 aliphatic rings. The number of rotatable bonds is 6. The van der Waals surface area contributed by atoms with Gasteiger partial charge in [-0.3, -0.25) is 0 Å². The summed E-state index contributed by atoms with van der Waals surface area (Å²) in [5.41, 5.74) is 0. The molecular weight excluding hydrogens is 176 g/mol. The zero-order chi connectivity index (χ0) is 10.4. The lowest BCUT2D eigenvalue weighted by Gasteiger charge is -2.13. The normalized spacial score (nSPS) is 16.5. The summed E-state index contributed by atoms with van der Waals surface area (Å²) < 4.78 is 0. The van der Waals surface area contributed by atoms with Crippen LogP contribution in [0.1, 0.15) is 39.5 Å². The monoisotopic (exact) mass is 198 g/mol. The molecule has 0 aromatic rings. The molecule has 0 aromatic carbocycles. The number of amides is 2. The molecule has 3 heteroatoms. The van der Waals surface area contributed by atoms with Crippen molar-refractivity contribution in [2.24, 2.45) is 5.92 Å². The van der Waals surface area contributed by atoms with Gasteiger partial charge >= 0.3 is 6.03 Å². The lowest BCUT2D eigenvalue weighted by molar-refractivity contribution is 0.216. The summed E-state index contributed by atoms with van der Waals surface area (Å²) in [6.45, 7) is 7.17. The highest BCUT2D eigenvalue weighted by Crippen LogP contribution is 2.09. The maximum absolute atomic E-state index is 11.2. The van der Waals surface area contributed by atoms with Crippen LogP contribution in [0.5, 0.6) is 0 Å². The van der Waals surface area contributed by atoms with E-state index in [1.165, 1.54) is 19.3 Å². The third-order valence-corrected chi connectivity index (χ3v) is 2.65. The van der Waals surface area contributed by atoms with Gasteiger partial charge in [0, 0.05) is 19.6 Å². The second kappa shape index (κ2) is 5.89. The van der Waals surface area contributed by atoms with Crippen molar-refractivity contribution in [3.8, 4) is 0 Å². The Morgan fingerprint density at radius 1 is 1.36 bits per heavy atom. The second-order valence-electron chi connectivity index (χ2n) is 4.46. The van der Waals surface area contributed by atoms with E-state index in [-0.39, 0.29) is 6.03 Å². The Labute approximate surface area is 86.9 Å². The van der Waals surface area contributed by atoms with Crippen molar-refractivity contribution in [3.63, 3.8) is 0 Å². The molecule has 0 aliphatic carbocycles. The first-order valence-corrected chi connectivity index (χ1v) is 5.73. The SMILES string of the molecule is CC(C)CCCCCN1CCNC1=O. The van der Waals surface area contributed by atoms with Crippen molar-refractivity contribution in [2.75, 3.05) is 19.6 Å². The number of unbranched alkanes of at least 4 members (excludes halogenated alkanes) is 2. The van der Waals surface area contributed by atoms with Crippen LogP contribution in [0.25, 0.3) is 0 Å². The molecule has 0 spiro atoms. The van der Waals surface area contributed by atoms with E-state index in [0.717, 1.165) is 32.0 Å². The Kier molecular flexibility index (Phi) is 4.77. The minimum atomic E-state index is 0.119. The predicted molar refractivity (Wildman–Crippen MR) is 58.3 cm³/mol. The summed E-state index contributed by atoms with van der Waals surface area (Å²) in [6.07, 6.45) is 5.02. The van der Waals surface area contributed by atoms with Crippen molar-refractivity contribution in [2.45, 2.75) is 39.5 Å². The van der Waals surface area contributed by atoms with E-state index < -0.39 is 0 Å². The van der Waals surface area contributed by atoms with Gasteiger partial charge in [-0.05, 0) is 12.3 Å². The smallest absolute Gasteiger partial charge is 0.317 e. The molecule has 0 aromatic heterocycles. The summed E-state index contributed by atoms with van der Waals surface area (Å²) in [7, 11) is 0. The van der Waals surface area contributed by atoms with Gasteiger partial charge in [-0.1, -0.05) is 33.1 Å². The second-order valence-corrected chi connectivity index (χ2v) is 4.46. The Morgan fingerprint density at radius 3 is 2.71 bits per heavy atom. The third kappa shape index (κ3) is 3.99. The fourth-order valence-electron chi connectivity index (χ4n) is 1.76. The zero-order valence-electron chi connectivity index (χ0n) is 9.38. The van der Waals surface area contributed by atoms with Gasteiger partial charge in [0.15, 0.2) is 0 Å². The number of nitrogens with one attached hydrogen (secondary N) is 1. The molecule has 0 bridgehead atoms. The lowest BCUT2D eigenvalue weighted by atomic mass is 10.1. The molecule has 1 N–H and O–H groups in total. The quantitative estimate of drug-likeness (QED) is 0.652. The van der Waals surface area contributed by atoms with Gasteiger partial charge in [-0.2, -0.15) is 0 Å². The molecule has 1 saturated heterocycles. The van der Waals surface area contributed by atoms with Gasteiger partial charge in [0.25, 0.3) is 0 Å². The summed E-state index contributed by atoms with van der Waals surface area (Å²) >= 11 is 0. The number of hydrogen-bond acceptors (Lipinski definition) is 1. The van der Waals surface area contributed by atoms with Crippen LogP contribution in [0.3, 0.4) is 0 Å². The Balaban J connectivity index is 1.96. The first-order valence-electron chi connectivity index (χ1n) is 5.73. The van der Waals surface area contributed by atoms with Crippen LogP contribution in [-0.4, -0.2) is 30.6 Å². The van der Waals surface area contributed by atoms with Crippen LogP contribution in [0.4, 0.5) is 4.79 Å². The van der Waals surface area contributed by atoms with E-state index >= 15 is 0 Å². The zero-order valence-corrected chi connectivity index (χ0v) is 9.38. The van der Waals surface area contributed by atoms with Crippen LogP contribution < -0.4 is 5.32 Å². The van der Waals surface area contributed by atoms with Crippen molar-refractivity contribution in [3.05, 3.63) is 0 Å². The molecule has 0 atom stereocenters. The van der Waals surface area contributed by atoms with Crippen molar-refractivity contribution < 1.29 is 4.79 Å². The van der Waals surface area contributed by atoms with E-state index in [0.29, 0.717) is 0 Å². The van der Waals surface area contributed by atoms with E-state index in [9.17, 15) is 4.79 Å². The number of carbonyl (C=O) groups is 1. The van der Waals surface area contributed by atoms with E-state index in [1.54, 1.807) is 0 Å². The fourth-order valence-corrected chi connectivity index (χ4v) is 1.76. The highest BCUT2D eigenvalue weighted by Gasteiger charge is 2.17. The van der Waals surface area contributed by atoms with Crippen LogP contribution in [-0.2, 0) is 0 Å². The minimum absolute atomic E-state index is 0.119. The summed E-state index contributed by atoms with van der Waals surface area (Å²) in [5.74, 6) is 0.810. The highest BCUT2D eigenvalue weighted by atomic mass is 16.2.